The molecule has 2 N–H and O–H groups in total. The Balaban J connectivity index is 0.000000325. The number of aromatic hydroxyl groups is 1. The zero-order valence-electron chi connectivity index (χ0n) is 9.14. The van der Waals surface area contributed by atoms with Crippen molar-refractivity contribution >= 4 is 11.9 Å². The smallest absolute Gasteiger partial charge is 0.335 e. The molecule has 0 aromatic heterocycles. The average molecular weight is 226 g/mol. The van der Waals surface area contributed by atoms with Crippen molar-refractivity contribution in [1.82, 2.24) is 0 Å². The lowest BCUT2D eigenvalue weighted by Crippen LogP contribution is -1.95. The number of carbonyl (C=O) groups excluding carboxylic acids is 1. The highest BCUT2D eigenvalue weighted by atomic mass is 16.5. The first-order valence-corrected chi connectivity index (χ1v) is 4.63. The van der Waals surface area contributed by atoms with E-state index in [4.69, 9.17) is 10.2 Å². The fourth-order valence-corrected chi connectivity index (χ4v) is 0.807. The summed E-state index contributed by atoms with van der Waals surface area (Å²) in [5.41, 5.74) is 0.179. The molecule has 0 heterocycles. The zero-order chi connectivity index (χ0) is 12.6. The summed E-state index contributed by atoms with van der Waals surface area (Å²) in [6, 6.07) is 5.36. The minimum absolute atomic E-state index is 0.0741. The molecular formula is C11H14O5. The average Bonchev–Trinajstić information content (AvgIpc) is 2.19. The third-order valence-electron chi connectivity index (χ3n) is 1.46. The van der Waals surface area contributed by atoms with Crippen LogP contribution < -0.4 is 0 Å². The number of esters is 1. The normalized spacial score (nSPS) is 8.62. The monoisotopic (exact) mass is 226 g/mol. The van der Waals surface area contributed by atoms with Crippen LogP contribution in [0.25, 0.3) is 0 Å². The van der Waals surface area contributed by atoms with E-state index >= 15 is 0 Å². The molecule has 1 aromatic carbocycles. The van der Waals surface area contributed by atoms with Gasteiger partial charge in [0.1, 0.15) is 5.75 Å². The van der Waals surface area contributed by atoms with Crippen LogP contribution in [0.4, 0.5) is 0 Å². The van der Waals surface area contributed by atoms with Crippen LogP contribution in [0.2, 0.25) is 0 Å². The van der Waals surface area contributed by atoms with Gasteiger partial charge in [-0.05, 0) is 31.2 Å². The van der Waals surface area contributed by atoms with Crippen LogP contribution in [0, 0.1) is 0 Å². The lowest BCUT2D eigenvalue weighted by molar-refractivity contribution is -0.140. The van der Waals surface area contributed by atoms with E-state index in [1.165, 1.54) is 31.2 Å². The quantitative estimate of drug-likeness (QED) is 0.749. The molecule has 0 unspecified atom stereocenters. The first kappa shape index (κ1) is 14.0. The lowest BCUT2D eigenvalue weighted by atomic mass is 10.2. The molecule has 5 heteroatoms. The van der Waals surface area contributed by atoms with Gasteiger partial charge in [-0.1, -0.05) is 0 Å². The van der Waals surface area contributed by atoms with E-state index in [-0.39, 0.29) is 17.3 Å². The van der Waals surface area contributed by atoms with Crippen LogP contribution in [0.5, 0.6) is 5.75 Å². The van der Waals surface area contributed by atoms with Crippen molar-refractivity contribution in [3.63, 3.8) is 0 Å². The Kier molecular flexibility index (Phi) is 6.35. The summed E-state index contributed by atoms with van der Waals surface area (Å²) >= 11 is 0. The molecule has 0 fully saturated rings. The Morgan fingerprint density at radius 1 is 1.25 bits per heavy atom. The third kappa shape index (κ3) is 6.42. The second-order valence-electron chi connectivity index (χ2n) is 2.78. The highest BCUT2D eigenvalue weighted by molar-refractivity contribution is 5.87. The number of hydrogen-bond donors (Lipinski definition) is 2. The molecule has 5 nitrogen and oxygen atoms in total. The number of carboxylic acid groups (broad SMARTS) is 1. The number of phenolic OH excluding ortho intramolecular Hbond substituents is 1. The van der Waals surface area contributed by atoms with E-state index in [0.29, 0.717) is 6.61 Å². The summed E-state index contributed by atoms with van der Waals surface area (Å²) in [5, 5.41) is 17.1. The van der Waals surface area contributed by atoms with Gasteiger partial charge in [-0.2, -0.15) is 0 Å². The maximum atomic E-state index is 10.2. The molecule has 88 valence electrons. The van der Waals surface area contributed by atoms with Crippen LogP contribution in [0.15, 0.2) is 24.3 Å². The van der Waals surface area contributed by atoms with Gasteiger partial charge >= 0.3 is 11.9 Å². The Hall–Kier alpha value is -2.04. The highest BCUT2D eigenvalue weighted by Gasteiger charge is 1.99. The number of hydrogen-bond acceptors (Lipinski definition) is 4. The number of carboxylic acids is 1. The number of ether oxygens (including phenoxy) is 1. The fraction of sp³-hybridized carbons (Fsp3) is 0.273. The van der Waals surface area contributed by atoms with Gasteiger partial charge in [-0.25, -0.2) is 4.79 Å². The van der Waals surface area contributed by atoms with Crippen LogP contribution in [-0.2, 0) is 9.53 Å². The molecule has 0 radical (unpaired) electrons. The summed E-state index contributed by atoms with van der Waals surface area (Å²) in [6.45, 7) is 3.65. The Morgan fingerprint density at radius 2 is 1.75 bits per heavy atom. The van der Waals surface area contributed by atoms with Gasteiger partial charge in [0.2, 0.25) is 0 Å². The van der Waals surface area contributed by atoms with E-state index in [2.05, 4.69) is 4.74 Å². The lowest BCUT2D eigenvalue weighted by Gasteiger charge is -1.92. The van der Waals surface area contributed by atoms with Crippen molar-refractivity contribution in [2.75, 3.05) is 6.61 Å². The van der Waals surface area contributed by atoms with Gasteiger partial charge in [0.15, 0.2) is 0 Å². The predicted molar refractivity (Wildman–Crippen MR) is 57.4 cm³/mol. The first-order chi connectivity index (χ1) is 7.47. The minimum Gasteiger partial charge on any atom is -0.508 e. The van der Waals surface area contributed by atoms with Crippen molar-refractivity contribution in [2.24, 2.45) is 0 Å². The molecule has 0 bridgehead atoms. The molecule has 16 heavy (non-hydrogen) atoms. The van der Waals surface area contributed by atoms with E-state index in [9.17, 15) is 9.59 Å². The van der Waals surface area contributed by atoms with Gasteiger partial charge < -0.3 is 14.9 Å². The number of carbonyl (C=O) groups is 2. The van der Waals surface area contributed by atoms with Crippen molar-refractivity contribution in [3.05, 3.63) is 29.8 Å². The van der Waals surface area contributed by atoms with Crippen LogP contribution in [0.3, 0.4) is 0 Å². The van der Waals surface area contributed by atoms with Gasteiger partial charge in [-0.15, -0.1) is 0 Å². The van der Waals surface area contributed by atoms with Crippen molar-refractivity contribution in [2.45, 2.75) is 13.8 Å². The molecule has 0 aliphatic carbocycles. The number of phenols is 1. The van der Waals surface area contributed by atoms with Crippen LogP contribution in [-0.4, -0.2) is 28.8 Å². The molecule has 0 atom stereocenters. The number of benzene rings is 1. The van der Waals surface area contributed by atoms with E-state index < -0.39 is 5.97 Å². The van der Waals surface area contributed by atoms with E-state index in [0.717, 1.165) is 0 Å². The van der Waals surface area contributed by atoms with Crippen LogP contribution >= 0.6 is 0 Å². The fourth-order valence-electron chi connectivity index (χ4n) is 0.807. The summed E-state index contributed by atoms with van der Waals surface area (Å²) < 4.78 is 4.40. The van der Waals surface area contributed by atoms with Gasteiger partial charge in [0.25, 0.3) is 0 Å². The molecule has 0 saturated carbocycles. The highest BCUT2D eigenvalue weighted by Crippen LogP contribution is 2.08. The molecule has 0 spiro atoms. The number of rotatable bonds is 2. The van der Waals surface area contributed by atoms with Gasteiger partial charge in [0.05, 0.1) is 12.2 Å². The topological polar surface area (TPSA) is 83.8 Å². The molecule has 0 aliphatic heterocycles. The zero-order valence-corrected chi connectivity index (χ0v) is 9.14. The second-order valence-corrected chi connectivity index (χ2v) is 2.78. The van der Waals surface area contributed by atoms with E-state index in [1.54, 1.807) is 6.92 Å². The summed E-state index contributed by atoms with van der Waals surface area (Å²) in [5.74, 6) is -1.12. The molecule has 1 aromatic rings. The van der Waals surface area contributed by atoms with E-state index in [1.807, 2.05) is 0 Å². The maximum Gasteiger partial charge on any atom is 0.335 e. The summed E-state index contributed by atoms with van der Waals surface area (Å²) in [4.78, 5) is 20.1. The number of aromatic carboxylic acids is 1. The SMILES string of the molecule is CCOC(C)=O.O=C(O)c1ccc(O)cc1. The molecule has 0 amide bonds. The summed E-state index contributed by atoms with van der Waals surface area (Å²) in [6.07, 6.45) is 0. The van der Waals surface area contributed by atoms with Gasteiger partial charge in [0, 0.05) is 6.92 Å². The molecule has 1 rings (SSSR count). The molecular weight excluding hydrogens is 212 g/mol. The first-order valence-electron chi connectivity index (χ1n) is 4.63. The molecule has 0 saturated heterocycles. The largest absolute Gasteiger partial charge is 0.508 e. The predicted octanol–water partition coefficient (Wildman–Crippen LogP) is 1.66. The van der Waals surface area contributed by atoms with Crippen molar-refractivity contribution in [1.29, 1.82) is 0 Å². The minimum atomic E-state index is -0.986. The van der Waals surface area contributed by atoms with Gasteiger partial charge in [-0.3, -0.25) is 4.79 Å². The molecule has 0 aliphatic rings. The van der Waals surface area contributed by atoms with Crippen molar-refractivity contribution < 1.29 is 24.5 Å². The second kappa shape index (κ2) is 7.28. The Bertz CT molecular complexity index is 342. The standard InChI is InChI=1S/C7H6O3.C4H8O2/c8-6-3-1-5(2-4-6)7(9)10;1-3-6-4(2)5/h1-4,8H,(H,9,10);3H2,1-2H3. The third-order valence-corrected chi connectivity index (χ3v) is 1.46. The maximum absolute atomic E-state index is 10.2. The van der Waals surface area contributed by atoms with Crippen molar-refractivity contribution in [3.8, 4) is 5.75 Å². The Labute approximate surface area is 93.3 Å². The summed E-state index contributed by atoms with van der Waals surface area (Å²) in [7, 11) is 0. The Morgan fingerprint density at radius 3 is 2.00 bits per heavy atom. The van der Waals surface area contributed by atoms with Crippen LogP contribution in [0.1, 0.15) is 24.2 Å².